The van der Waals surface area contributed by atoms with Crippen LogP contribution in [0.5, 0.6) is 0 Å². The molecule has 0 aliphatic heterocycles. The van der Waals surface area contributed by atoms with Crippen LogP contribution >= 0.6 is 0 Å². The van der Waals surface area contributed by atoms with Gasteiger partial charge in [-0.15, -0.1) is 0 Å². The second-order valence-corrected chi connectivity index (χ2v) is 3.21. The molecule has 0 heterocycles. The molecule has 0 spiro atoms. The van der Waals surface area contributed by atoms with Crippen LogP contribution in [0.1, 0.15) is 33.2 Å². The molecule has 17 heavy (non-hydrogen) atoms. The normalized spacial score (nSPS) is 9.94. The van der Waals surface area contributed by atoms with Crippen molar-refractivity contribution in [1.82, 2.24) is 0 Å². The Hall–Kier alpha value is -2.44. The SMILES string of the molecule is CCc1c(C(=O)O)ccc(C(=O)O)c1[N+](=O)[O-]. The summed E-state index contributed by atoms with van der Waals surface area (Å²) in [6.07, 6.45) is 0.0685. The number of nitro groups is 1. The summed E-state index contributed by atoms with van der Waals surface area (Å²) in [5, 5.41) is 28.5. The van der Waals surface area contributed by atoms with Crippen molar-refractivity contribution in [3.8, 4) is 0 Å². The summed E-state index contributed by atoms with van der Waals surface area (Å²) >= 11 is 0. The van der Waals surface area contributed by atoms with Gasteiger partial charge < -0.3 is 10.2 Å². The van der Waals surface area contributed by atoms with Crippen LogP contribution in [0.2, 0.25) is 0 Å². The number of nitrogens with zero attached hydrogens (tertiary/aromatic N) is 1. The maximum atomic E-state index is 10.9. The minimum absolute atomic E-state index is 0.0685. The van der Waals surface area contributed by atoms with E-state index < -0.39 is 28.1 Å². The third kappa shape index (κ3) is 2.22. The third-order valence-corrected chi connectivity index (χ3v) is 2.28. The minimum atomic E-state index is -1.46. The summed E-state index contributed by atoms with van der Waals surface area (Å²) in [7, 11) is 0. The summed E-state index contributed by atoms with van der Waals surface area (Å²) in [5.41, 5.74) is -1.48. The molecule has 1 aromatic carbocycles. The van der Waals surface area contributed by atoms with Crippen molar-refractivity contribution in [1.29, 1.82) is 0 Å². The molecule has 0 aromatic heterocycles. The van der Waals surface area contributed by atoms with Crippen molar-refractivity contribution < 1.29 is 24.7 Å². The number of rotatable bonds is 4. The highest BCUT2D eigenvalue weighted by Gasteiger charge is 2.27. The fourth-order valence-corrected chi connectivity index (χ4v) is 1.58. The molecule has 0 aliphatic carbocycles. The molecule has 0 amide bonds. The average molecular weight is 239 g/mol. The van der Waals surface area contributed by atoms with Gasteiger partial charge in [0.1, 0.15) is 5.56 Å². The maximum Gasteiger partial charge on any atom is 0.342 e. The summed E-state index contributed by atoms with van der Waals surface area (Å²) in [4.78, 5) is 31.7. The van der Waals surface area contributed by atoms with E-state index in [2.05, 4.69) is 0 Å². The molecule has 0 fully saturated rings. The fourth-order valence-electron chi connectivity index (χ4n) is 1.58. The number of carboxylic acid groups (broad SMARTS) is 2. The van der Waals surface area contributed by atoms with Crippen LogP contribution in [0.3, 0.4) is 0 Å². The van der Waals surface area contributed by atoms with Gasteiger partial charge in [-0.2, -0.15) is 0 Å². The van der Waals surface area contributed by atoms with Crippen molar-refractivity contribution in [3.63, 3.8) is 0 Å². The van der Waals surface area contributed by atoms with Gasteiger partial charge in [0.15, 0.2) is 0 Å². The number of carboxylic acids is 2. The highest BCUT2D eigenvalue weighted by Crippen LogP contribution is 2.28. The molecule has 0 unspecified atom stereocenters. The topological polar surface area (TPSA) is 118 Å². The van der Waals surface area contributed by atoms with Gasteiger partial charge in [-0.25, -0.2) is 9.59 Å². The van der Waals surface area contributed by atoms with Crippen LogP contribution in [0.4, 0.5) is 5.69 Å². The first-order valence-corrected chi connectivity index (χ1v) is 4.67. The van der Waals surface area contributed by atoms with Gasteiger partial charge in [-0.05, 0) is 18.6 Å². The maximum absolute atomic E-state index is 10.9. The van der Waals surface area contributed by atoms with Gasteiger partial charge in [0.25, 0.3) is 5.69 Å². The Kier molecular flexibility index (Phi) is 3.42. The Morgan fingerprint density at radius 2 is 1.71 bits per heavy atom. The summed E-state index contributed by atoms with van der Waals surface area (Å²) in [6, 6.07) is 2.00. The number of aromatic carboxylic acids is 2. The summed E-state index contributed by atoms with van der Waals surface area (Å²) in [5.74, 6) is -2.77. The Balaban J connectivity index is 3.67. The number of nitro benzene ring substituents is 1. The van der Waals surface area contributed by atoms with Gasteiger partial charge in [0.2, 0.25) is 0 Å². The highest BCUT2D eigenvalue weighted by molar-refractivity contribution is 5.97. The van der Waals surface area contributed by atoms with Gasteiger partial charge in [-0.3, -0.25) is 10.1 Å². The van der Waals surface area contributed by atoms with Crippen LogP contribution in [0.25, 0.3) is 0 Å². The summed E-state index contributed by atoms with van der Waals surface area (Å²) in [6.45, 7) is 1.53. The van der Waals surface area contributed by atoms with E-state index in [0.29, 0.717) is 0 Å². The zero-order valence-electron chi connectivity index (χ0n) is 8.84. The van der Waals surface area contributed by atoms with E-state index in [-0.39, 0.29) is 17.5 Å². The Labute approximate surface area is 95.5 Å². The number of benzene rings is 1. The standard InChI is InChI=1S/C10H9NO6/c1-2-5-6(9(12)13)3-4-7(10(14)15)8(5)11(16)17/h3-4H,2H2,1H3,(H,12,13)(H,14,15). The monoisotopic (exact) mass is 239 g/mol. The predicted octanol–water partition coefficient (Wildman–Crippen LogP) is 1.55. The second kappa shape index (κ2) is 4.60. The smallest absolute Gasteiger partial charge is 0.342 e. The van der Waals surface area contributed by atoms with Gasteiger partial charge in [0.05, 0.1) is 10.5 Å². The first-order chi connectivity index (χ1) is 7.90. The first kappa shape index (κ1) is 12.6. The molecule has 0 saturated heterocycles. The average Bonchev–Trinajstić information content (AvgIpc) is 2.26. The molecule has 0 saturated carbocycles. The Morgan fingerprint density at radius 3 is 2.06 bits per heavy atom. The number of hydrogen-bond acceptors (Lipinski definition) is 4. The quantitative estimate of drug-likeness (QED) is 0.607. The zero-order chi connectivity index (χ0) is 13.2. The van der Waals surface area contributed by atoms with Crippen LogP contribution in [-0.2, 0) is 6.42 Å². The molecular weight excluding hydrogens is 230 g/mol. The first-order valence-electron chi connectivity index (χ1n) is 4.67. The largest absolute Gasteiger partial charge is 0.478 e. The minimum Gasteiger partial charge on any atom is -0.478 e. The second-order valence-electron chi connectivity index (χ2n) is 3.21. The molecule has 1 rings (SSSR count). The fraction of sp³-hybridized carbons (Fsp3) is 0.200. The molecule has 1 aromatic rings. The molecule has 0 atom stereocenters. The van der Waals surface area contributed by atoms with E-state index in [1.807, 2.05) is 0 Å². The molecule has 2 N–H and O–H groups in total. The molecule has 0 aliphatic rings. The highest BCUT2D eigenvalue weighted by atomic mass is 16.6. The van der Waals surface area contributed by atoms with Crippen molar-refractivity contribution in [3.05, 3.63) is 38.9 Å². The molecule has 90 valence electrons. The zero-order valence-corrected chi connectivity index (χ0v) is 8.84. The van der Waals surface area contributed by atoms with E-state index >= 15 is 0 Å². The van der Waals surface area contributed by atoms with Crippen molar-refractivity contribution in [2.24, 2.45) is 0 Å². The lowest BCUT2D eigenvalue weighted by molar-refractivity contribution is -0.385. The van der Waals surface area contributed by atoms with Crippen molar-refractivity contribution in [2.45, 2.75) is 13.3 Å². The molecular formula is C10H9NO6. The Bertz CT molecular complexity index is 508. The van der Waals surface area contributed by atoms with Crippen LogP contribution in [-0.4, -0.2) is 27.1 Å². The van der Waals surface area contributed by atoms with Gasteiger partial charge >= 0.3 is 11.9 Å². The number of carbonyl (C=O) groups is 2. The molecule has 0 bridgehead atoms. The van der Waals surface area contributed by atoms with Crippen molar-refractivity contribution in [2.75, 3.05) is 0 Å². The molecule has 0 radical (unpaired) electrons. The lowest BCUT2D eigenvalue weighted by Crippen LogP contribution is -2.10. The van der Waals surface area contributed by atoms with E-state index in [1.165, 1.54) is 6.92 Å². The van der Waals surface area contributed by atoms with E-state index in [9.17, 15) is 19.7 Å². The van der Waals surface area contributed by atoms with E-state index in [0.717, 1.165) is 12.1 Å². The lowest BCUT2D eigenvalue weighted by Gasteiger charge is -2.06. The predicted molar refractivity (Wildman–Crippen MR) is 56.4 cm³/mol. The van der Waals surface area contributed by atoms with Gasteiger partial charge in [0, 0.05) is 5.56 Å². The van der Waals surface area contributed by atoms with E-state index in [4.69, 9.17) is 10.2 Å². The molecule has 7 nitrogen and oxygen atoms in total. The van der Waals surface area contributed by atoms with Crippen LogP contribution < -0.4 is 0 Å². The Morgan fingerprint density at radius 1 is 1.24 bits per heavy atom. The van der Waals surface area contributed by atoms with Crippen LogP contribution in [0, 0.1) is 10.1 Å². The summed E-state index contributed by atoms with van der Waals surface area (Å²) < 4.78 is 0. The van der Waals surface area contributed by atoms with Crippen molar-refractivity contribution >= 4 is 17.6 Å². The number of hydrogen-bond donors (Lipinski definition) is 2. The van der Waals surface area contributed by atoms with Gasteiger partial charge in [-0.1, -0.05) is 6.92 Å². The van der Waals surface area contributed by atoms with E-state index in [1.54, 1.807) is 0 Å². The molecule has 7 heteroatoms. The lowest BCUT2D eigenvalue weighted by atomic mass is 9.99. The van der Waals surface area contributed by atoms with Crippen LogP contribution in [0.15, 0.2) is 12.1 Å². The third-order valence-electron chi connectivity index (χ3n) is 2.28.